The molecule has 6 nitrogen and oxygen atoms in total. The van der Waals surface area contributed by atoms with Crippen LogP contribution in [0.1, 0.15) is 22.6 Å². The molecular weight excluding hydrogens is 365 g/mol. The Balaban J connectivity index is 1.85. The van der Waals surface area contributed by atoms with Gasteiger partial charge in [-0.2, -0.15) is 0 Å². The molecule has 0 aliphatic rings. The summed E-state index contributed by atoms with van der Waals surface area (Å²) in [5, 5.41) is 21.6. The average Bonchev–Trinajstić information content (AvgIpc) is 2.69. The number of pyridine rings is 1. The van der Waals surface area contributed by atoms with Crippen LogP contribution in [0.2, 0.25) is 0 Å². The van der Waals surface area contributed by atoms with Gasteiger partial charge in [0.15, 0.2) is 0 Å². The van der Waals surface area contributed by atoms with Crippen LogP contribution in [0.25, 0.3) is 10.8 Å². The minimum Gasteiger partial charge on any atom is -0.423 e. The van der Waals surface area contributed by atoms with Crippen molar-refractivity contribution in [1.82, 2.24) is 9.88 Å². The Kier molecular flexibility index (Phi) is 6.77. The first kappa shape index (κ1) is 21.1. The standard InChI is InChI=1S/C22H26BN3O3/c1-26(2)14-19-6-5-17(11-21(19)23(28)29)20(12-24)22(27)10-15-3-4-18-13-25-8-7-16(18)9-15/h3-9,11,13,20,28-29H,10,12,14,24H2,1-2H3. The fourth-order valence-electron chi connectivity index (χ4n) is 3.58. The highest BCUT2D eigenvalue weighted by atomic mass is 16.4. The van der Waals surface area contributed by atoms with Crippen molar-refractivity contribution < 1.29 is 14.8 Å². The zero-order valence-electron chi connectivity index (χ0n) is 16.7. The summed E-state index contributed by atoms with van der Waals surface area (Å²) >= 11 is 0. The monoisotopic (exact) mass is 391 g/mol. The van der Waals surface area contributed by atoms with Crippen LogP contribution in [-0.4, -0.2) is 53.5 Å². The average molecular weight is 391 g/mol. The third kappa shape index (κ3) is 5.08. The summed E-state index contributed by atoms with van der Waals surface area (Å²) < 4.78 is 0. The molecule has 0 saturated heterocycles. The van der Waals surface area contributed by atoms with Gasteiger partial charge in [0, 0.05) is 37.3 Å². The van der Waals surface area contributed by atoms with Crippen LogP contribution in [0.15, 0.2) is 54.9 Å². The molecule has 3 aromatic rings. The van der Waals surface area contributed by atoms with E-state index in [0.717, 1.165) is 21.9 Å². The number of carbonyl (C=O) groups is 1. The number of hydrogen-bond acceptors (Lipinski definition) is 6. The lowest BCUT2D eigenvalue weighted by Crippen LogP contribution is -2.36. The Hall–Kier alpha value is -2.58. The van der Waals surface area contributed by atoms with E-state index in [1.807, 2.05) is 55.4 Å². The highest BCUT2D eigenvalue weighted by Gasteiger charge is 2.23. The second-order valence-electron chi connectivity index (χ2n) is 7.56. The van der Waals surface area contributed by atoms with Crippen molar-refractivity contribution in [3.8, 4) is 0 Å². The molecule has 0 fully saturated rings. The van der Waals surface area contributed by atoms with E-state index in [4.69, 9.17) is 5.73 Å². The summed E-state index contributed by atoms with van der Waals surface area (Å²) in [6, 6.07) is 13.2. The Bertz CT molecular complexity index is 1010. The highest BCUT2D eigenvalue weighted by Crippen LogP contribution is 2.21. The van der Waals surface area contributed by atoms with Gasteiger partial charge in [-0.25, -0.2) is 0 Å². The van der Waals surface area contributed by atoms with Crippen molar-refractivity contribution >= 4 is 29.1 Å². The maximum atomic E-state index is 13.0. The summed E-state index contributed by atoms with van der Waals surface area (Å²) in [6.45, 7) is 0.727. The molecule has 3 rings (SSSR count). The van der Waals surface area contributed by atoms with E-state index >= 15 is 0 Å². The Morgan fingerprint density at radius 1 is 1.14 bits per heavy atom. The van der Waals surface area contributed by atoms with Gasteiger partial charge >= 0.3 is 7.12 Å². The fraction of sp³-hybridized carbons (Fsp3) is 0.273. The van der Waals surface area contributed by atoms with E-state index < -0.39 is 13.0 Å². The number of nitrogens with zero attached hydrogens (tertiary/aromatic N) is 2. The second kappa shape index (κ2) is 9.28. The number of fused-ring (bicyclic) bond motifs is 1. The van der Waals surface area contributed by atoms with E-state index in [1.165, 1.54) is 0 Å². The summed E-state index contributed by atoms with van der Waals surface area (Å²) in [5.74, 6) is -0.506. The van der Waals surface area contributed by atoms with Crippen LogP contribution in [0.4, 0.5) is 0 Å². The van der Waals surface area contributed by atoms with Crippen LogP contribution < -0.4 is 11.2 Å². The molecule has 0 aliphatic carbocycles. The molecule has 150 valence electrons. The van der Waals surface area contributed by atoms with Crippen LogP contribution in [0.5, 0.6) is 0 Å². The van der Waals surface area contributed by atoms with Crippen molar-refractivity contribution in [3.05, 3.63) is 71.5 Å². The number of carbonyl (C=O) groups excluding carboxylic acids is 1. The Labute approximate surface area is 171 Å². The third-order valence-electron chi connectivity index (χ3n) is 5.04. The molecule has 0 radical (unpaired) electrons. The number of aromatic nitrogens is 1. The molecule has 1 atom stereocenters. The van der Waals surface area contributed by atoms with E-state index in [9.17, 15) is 14.8 Å². The zero-order chi connectivity index (χ0) is 21.0. The maximum absolute atomic E-state index is 13.0. The lowest BCUT2D eigenvalue weighted by atomic mass is 9.74. The Morgan fingerprint density at radius 3 is 2.62 bits per heavy atom. The SMILES string of the molecule is CN(C)Cc1ccc(C(CN)C(=O)Cc2ccc3cnccc3c2)cc1B(O)O. The maximum Gasteiger partial charge on any atom is 0.488 e. The molecule has 0 bridgehead atoms. The predicted octanol–water partition coefficient (Wildman–Crippen LogP) is 0.830. The number of hydrogen-bond donors (Lipinski definition) is 3. The first-order chi connectivity index (χ1) is 13.9. The number of rotatable bonds is 8. The van der Waals surface area contributed by atoms with E-state index in [-0.39, 0.29) is 18.7 Å². The van der Waals surface area contributed by atoms with Gasteiger partial charge in [0.05, 0.1) is 5.92 Å². The first-order valence-electron chi connectivity index (χ1n) is 9.58. The molecule has 29 heavy (non-hydrogen) atoms. The lowest BCUT2D eigenvalue weighted by molar-refractivity contribution is -0.119. The van der Waals surface area contributed by atoms with Crippen LogP contribution in [0, 0.1) is 0 Å². The van der Waals surface area contributed by atoms with Gasteiger partial charge in [-0.05, 0) is 47.7 Å². The Morgan fingerprint density at radius 2 is 1.93 bits per heavy atom. The van der Waals surface area contributed by atoms with Gasteiger partial charge in [-0.15, -0.1) is 0 Å². The summed E-state index contributed by atoms with van der Waals surface area (Å²) in [5.41, 5.74) is 8.76. The van der Waals surface area contributed by atoms with Crippen LogP contribution in [-0.2, 0) is 17.8 Å². The van der Waals surface area contributed by atoms with Gasteiger partial charge in [0.25, 0.3) is 0 Å². The predicted molar refractivity (Wildman–Crippen MR) is 116 cm³/mol. The minimum atomic E-state index is -1.60. The molecule has 0 spiro atoms. The van der Waals surface area contributed by atoms with Crippen LogP contribution >= 0.6 is 0 Å². The van der Waals surface area contributed by atoms with Gasteiger partial charge in [-0.3, -0.25) is 9.78 Å². The largest absolute Gasteiger partial charge is 0.488 e. The van der Waals surface area contributed by atoms with Crippen molar-refractivity contribution in [2.24, 2.45) is 5.73 Å². The van der Waals surface area contributed by atoms with E-state index in [1.54, 1.807) is 18.5 Å². The lowest BCUT2D eigenvalue weighted by Gasteiger charge is -2.19. The smallest absolute Gasteiger partial charge is 0.423 e. The summed E-state index contributed by atoms with van der Waals surface area (Å²) in [4.78, 5) is 19.0. The van der Waals surface area contributed by atoms with Gasteiger partial charge in [-0.1, -0.05) is 36.4 Å². The number of benzene rings is 2. The summed E-state index contributed by atoms with van der Waals surface area (Å²) in [6.07, 6.45) is 3.78. The molecule has 1 unspecified atom stereocenters. The third-order valence-corrected chi connectivity index (χ3v) is 5.04. The second-order valence-corrected chi connectivity index (χ2v) is 7.56. The number of nitrogens with two attached hydrogens (primary N) is 1. The van der Waals surface area contributed by atoms with E-state index in [0.29, 0.717) is 17.6 Å². The molecule has 1 aromatic heterocycles. The molecule has 0 amide bonds. The van der Waals surface area contributed by atoms with Crippen LogP contribution in [0.3, 0.4) is 0 Å². The molecular formula is C22H26BN3O3. The van der Waals surface area contributed by atoms with Gasteiger partial charge in [0.2, 0.25) is 0 Å². The molecule has 7 heteroatoms. The highest BCUT2D eigenvalue weighted by molar-refractivity contribution is 6.59. The van der Waals surface area contributed by atoms with Crippen molar-refractivity contribution in [2.45, 2.75) is 18.9 Å². The molecule has 0 aliphatic heterocycles. The zero-order valence-corrected chi connectivity index (χ0v) is 16.7. The van der Waals surface area contributed by atoms with Crippen molar-refractivity contribution in [1.29, 1.82) is 0 Å². The summed E-state index contributed by atoms with van der Waals surface area (Å²) in [7, 11) is 2.22. The van der Waals surface area contributed by atoms with Crippen molar-refractivity contribution in [3.63, 3.8) is 0 Å². The normalized spacial score (nSPS) is 12.3. The number of Topliss-reactive ketones (excluding diaryl/α,β-unsaturated/α-hetero) is 1. The molecule has 4 N–H and O–H groups in total. The number of ketones is 1. The molecule has 1 heterocycles. The topological polar surface area (TPSA) is 99.7 Å². The fourth-order valence-corrected chi connectivity index (χ4v) is 3.58. The van der Waals surface area contributed by atoms with Gasteiger partial charge < -0.3 is 20.7 Å². The molecule has 0 saturated carbocycles. The van der Waals surface area contributed by atoms with Crippen molar-refractivity contribution in [2.75, 3.05) is 20.6 Å². The first-order valence-corrected chi connectivity index (χ1v) is 9.58. The van der Waals surface area contributed by atoms with E-state index in [2.05, 4.69) is 4.98 Å². The quantitative estimate of drug-likeness (QED) is 0.492. The molecule has 2 aromatic carbocycles. The van der Waals surface area contributed by atoms with Gasteiger partial charge in [0.1, 0.15) is 5.78 Å². The minimum absolute atomic E-state index is 0.000328.